The standard InChI is InChI=1S/C13H18N4O4/c1-8-12(16-4-6-20-7-5-16)17(19)10-3-2-9-11(13(8,10)18)15-21-14-9/h8,12,18H,2-7H2,1H3/t8-,12-,13-/m0/s1. The van der Waals surface area contributed by atoms with Gasteiger partial charge < -0.3 is 15.1 Å². The summed E-state index contributed by atoms with van der Waals surface area (Å²) in [6.45, 7) is 4.51. The van der Waals surface area contributed by atoms with Crippen molar-refractivity contribution < 1.29 is 19.2 Å². The van der Waals surface area contributed by atoms with E-state index in [1.54, 1.807) is 0 Å². The highest BCUT2D eigenvalue weighted by molar-refractivity contribution is 5.92. The van der Waals surface area contributed by atoms with Crippen molar-refractivity contribution in [2.75, 3.05) is 26.3 Å². The minimum absolute atomic E-state index is 0.297. The number of nitrogens with zero attached hydrogens (tertiary/aromatic N) is 4. The number of hydrogen-bond donors (Lipinski definition) is 1. The Bertz CT molecular complexity index is 595. The molecule has 21 heavy (non-hydrogen) atoms. The summed E-state index contributed by atoms with van der Waals surface area (Å²) in [4.78, 5) is 2.08. The third-order valence-corrected chi connectivity index (χ3v) is 4.99. The maximum absolute atomic E-state index is 12.7. The van der Waals surface area contributed by atoms with Crippen molar-refractivity contribution in [3.63, 3.8) is 0 Å². The quantitative estimate of drug-likeness (QED) is 0.549. The van der Waals surface area contributed by atoms with Crippen LogP contribution < -0.4 is 0 Å². The van der Waals surface area contributed by atoms with Crippen LogP contribution in [-0.4, -0.2) is 63.2 Å². The largest absolute Gasteiger partial charge is 0.623 e. The SMILES string of the molecule is C[C@H]1[C@@H](N2CCOCC2)[N+]([O-])=C2CCc3nonc3[C@@]21O. The van der Waals surface area contributed by atoms with Gasteiger partial charge in [-0.15, -0.1) is 0 Å². The molecule has 1 N–H and O–H groups in total. The summed E-state index contributed by atoms with van der Waals surface area (Å²) in [5, 5.41) is 31.7. The number of morpholine rings is 1. The topological polar surface area (TPSA) is 97.7 Å². The zero-order valence-corrected chi connectivity index (χ0v) is 11.9. The average Bonchev–Trinajstić information content (AvgIpc) is 3.04. The van der Waals surface area contributed by atoms with Gasteiger partial charge in [0, 0.05) is 25.9 Å². The van der Waals surface area contributed by atoms with E-state index < -0.39 is 11.8 Å². The highest BCUT2D eigenvalue weighted by Crippen LogP contribution is 2.44. The lowest BCUT2D eigenvalue weighted by Gasteiger charge is -2.34. The summed E-state index contributed by atoms with van der Waals surface area (Å²) in [6, 6.07) is 0. The minimum Gasteiger partial charge on any atom is -0.623 e. The fourth-order valence-corrected chi connectivity index (χ4v) is 3.87. The second-order valence-corrected chi connectivity index (χ2v) is 5.95. The molecule has 1 saturated heterocycles. The highest BCUT2D eigenvalue weighted by atomic mass is 16.6. The van der Waals surface area contributed by atoms with Gasteiger partial charge in [-0.3, -0.25) is 0 Å². The molecule has 3 aliphatic rings. The molecule has 0 aromatic carbocycles. The molecular weight excluding hydrogens is 276 g/mol. The van der Waals surface area contributed by atoms with Gasteiger partial charge in [0.2, 0.25) is 17.5 Å². The smallest absolute Gasteiger partial charge is 0.226 e. The van der Waals surface area contributed by atoms with Gasteiger partial charge in [-0.2, -0.15) is 4.74 Å². The normalized spacial score (nSPS) is 36.7. The van der Waals surface area contributed by atoms with Crippen LogP contribution in [0.3, 0.4) is 0 Å². The van der Waals surface area contributed by atoms with Gasteiger partial charge in [-0.1, -0.05) is 17.2 Å². The maximum atomic E-state index is 12.7. The summed E-state index contributed by atoms with van der Waals surface area (Å²) in [5.74, 6) is -0.297. The van der Waals surface area contributed by atoms with E-state index in [0.717, 1.165) is 4.74 Å². The number of aliphatic hydroxyl groups is 1. The third kappa shape index (κ3) is 1.63. The van der Waals surface area contributed by atoms with Gasteiger partial charge in [-0.05, 0) is 0 Å². The van der Waals surface area contributed by atoms with Crippen molar-refractivity contribution in [1.29, 1.82) is 0 Å². The van der Waals surface area contributed by atoms with Gasteiger partial charge in [0.05, 0.1) is 19.1 Å². The first kappa shape index (κ1) is 13.2. The van der Waals surface area contributed by atoms with E-state index in [9.17, 15) is 10.3 Å². The predicted molar refractivity (Wildman–Crippen MR) is 70.5 cm³/mol. The van der Waals surface area contributed by atoms with Crippen molar-refractivity contribution >= 4 is 5.71 Å². The average molecular weight is 294 g/mol. The zero-order chi connectivity index (χ0) is 14.6. The van der Waals surface area contributed by atoms with Crippen LogP contribution in [0.15, 0.2) is 4.63 Å². The number of ether oxygens (including phenoxy) is 1. The first-order valence-corrected chi connectivity index (χ1v) is 7.32. The van der Waals surface area contributed by atoms with Gasteiger partial charge in [0.1, 0.15) is 5.69 Å². The van der Waals surface area contributed by atoms with Gasteiger partial charge >= 0.3 is 0 Å². The molecule has 8 nitrogen and oxygen atoms in total. The van der Waals surface area contributed by atoms with Crippen LogP contribution >= 0.6 is 0 Å². The second-order valence-electron chi connectivity index (χ2n) is 5.95. The number of aromatic nitrogens is 2. The molecule has 0 spiro atoms. The van der Waals surface area contributed by atoms with E-state index in [1.165, 1.54) is 0 Å². The van der Waals surface area contributed by atoms with Crippen LogP contribution in [0.4, 0.5) is 0 Å². The molecule has 0 radical (unpaired) electrons. The molecule has 0 amide bonds. The molecule has 114 valence electrons. The number of fused-ring (bicyclic) bond motifs is 3. The van der Waals surface area contributed by atoms with Gasteiger partial charge in [0.25, 0.3) is 0 Å². The third-order valence-electron chi connectivity index (χ3n) is 4.99. The van der Waals surface area contributed by atoms with E-state index in [1.807, 2.05) is 6.92 Å². The maximum Gasteiger partial charge on any atom is 0.226 e. The molecule has 2 aliphatic heterocycles. The highest BCUT2D eigenvalue weighted by Gasteiger charge is 2.63. The Labute approximate surface area is 121 Å². The molecule has 3 heterocycles. The van der Waals surface area contributed by atoms with Crippen molar-refractivity contribution in [3.8, 4) is 0 Å². The summed E-state index contributed by atoms with van der Waals surface area (Å²) in [5.41, 5.74) is 0.185. The van der Waals surface area contributed by atoms with Crippen molar-refractivity contribution in [3.05, 3.63) is 16.6 Å². The summed E-state index contributed by atoms with van der Waals surface area (Å²) < 4.78 is 11.1. The van der Waals surface area contributed by atoms with E-state index in [-0.39, 0.29) is 5.92 Å². The minimum atomic E-state index is -1.36. The van der Waals surface area contributed by atoms with Crippen LogP contribution in [0.25, 0.3) is 0 Å². The Morgan fingerprint density at radius 2 is 2.10 bits per heavy atom. The molecule has 1 aliphatic carbocycles. The number of hydroxylamine groups is 1. The van der Waals surface area contributed by atoms with Gasteiger partial charge in [-0.25, -0.2) is 9.53 Å². The Kier molecular flexibility index (Phi) is 2.82. The van der Waals surface area contributed by atoms with E-state index in [4.69, 9.17) is 9.37 Å². The van der Waals surface area contributed by atoms with E-state index in [0.29, 0.717) is 56.2 Å². The van der Waals surface area contributed by atoms with Crippen molar-refractivity contribution in [1.82, 2.24) is 15.2 Å². The molecule has 3 atom stereocenters. The summed E-state index contributed by atoms with van der Waals surface area (Å²) in [7, 11) is 0. The van der Waals surface area contributed by atoms with Crippen LogP contribution in [0, 0.1) is 11.1 Å². The number of aryl methyl sites for hydroxylation is 1. The first-order valence-electron chi connectivity index (χ1n) is 7.32. The summed E-state index contributed by atoms with van der Waals surface area (Å²) >= 11 is 0. The Hall–Kier alpha value is -1.51. The van der Waals surface area contributed by atoms with Crippen LogP contribution in [0.1, 0.15) is 24.7 Å². The molecule has 1 aromatic heterocycles. The Balaban J connectivity index is 1.77. The molecule has 1 fully saturated rings. The fourth-order valence-electron chi connectivity index (χ4n) is 3.87. The van der Waals surface area contributed by atoms with E-state index in [2.05, 4.69) is 15.2 Å². The lowest BCUT2D eigenvalue weighted by atomic mass is 9.76. The van der Waals surface area contributed by atoms with Gasteiger partial charge in [0.15, 0.2) is 5.69 Å². The Morgan fingerprint density at radius 1 is 1.33 bits per heavy atom. The zero-order valence-electron chi connectivity index (χ0n) is 11.9. The molecule has 0 saturated carbocycles. The lowest BCUT2D eigenvalue weighted by Crippen LogP contribution is -2.51. The Morgan fingerprint density at radius 3 is 2.86 bits per heavy atom. The predicted octanol–water partition coefficient (Wildman–Crippen LogP) is -0.537. The van der Waals surface area contributed by atoms with Crippen LogP contribution in [0.2, 0.25) is 0 Å². The van der Waals surface area contributed by atoms with Crippen LogP contribution in [0.5, 0.6) is 0 Å². The molecule has 0 bridgehead atoms. The molecule has 0 unspecified atom stereocenters. The van der Waals surface area contributed by atoms with Crippen molar-refractivity contribution in [2.24, 2.45) is 5.92 Å². The second kappa shape index (κ2) is 4.49. The fraction of sp³-hybridized carbons (Fsp3) is 0.769. The lowest BCUT2D eigenvalue weighted by molar-refractivity contribution is -0.531. The van der Waals surface area contributed by atoms with Crippen LogP contribution in [-0.2, 0) is 16.8 Å². The molecule has 4 rings (SSSR count). The number of rotatable bonds is 1. The monoisotopic (exact) mass is 294 g/mol. The molecule has 1 aromatic rings. The first-order chi connectivity index (χ1) is 10.1. The van der Waals surface area contributed by atoms with E-state index >= 15 is 0 Å². The molecular formula is C13H18N4O4. The van der Waals surface area contributed by atoms with Crippen molar-refractivity contribution in [2.45, 2.75) is 31.5 Å². The summed E-state index contributed by atoms with van der Waals surface area (Å²) in [6.07, 6.45) is 0.681. The number of hydrogen-bond acceptors (Lipinski definition) is 7. The molecule has 8 heteroatoms.